The molecular weight excluding hydrogens is 335 g/mol. The van der Waals surface area contributed by atoms with Gasteiger partial charge in [-0.2, -0.15) is 0 Å². The van der Waals surface area contributed by atoms with Crippen LogP contribution in [0.25, 0.3) is 0 Å². The van der Waals surface area contributed by atoms with Gasteiger partial charge in [-0.1, -0.05) is 23.2 Å². The van der Waals surface area contributed by atoms with Crippen molar-refractivity contribution in [3.05, 3.63) is 11.3 Å². The summed E-state index contributed by atoms with van der Waals surface area (Å²) in [7, 11) is 0. The lowest BCUT2D eigenvalue weighted by Gasteiger charge is -2.48. The van der Waals surface area contributed by atoms with Crippen LogP contribution in [0.4, 0.5) is 0 Å². The van der Waals surface area contributed by atoms with Crippen LogP contribution >= 0.6 is 46.6 Å². The Morgan fingerprint density at radius 2 is 2.26 bits per heavy atom. The van der Waals surface area contributed by atoms with Crippen molar-refractivity contribution in [1.29, 1.82) is 0 Å². The van der Waals surface area contributed by atoms with Gasteiger partial charge < -0.3 is 10.5 Å². The van der Waals surface area contributed by atoms with Crippen LogP contribution in [0.3, 0.4) is 0 Å². The van der Waals surface area contributed by atoms with Gasteiger partial charge in [0.05, 0.1) is 5.88 Å². The zero-order valence-corrected chi connectivity index (χ0v) is 12.9. The van der Waals surface area contributed by atoms with Gasteiger partial charge in [-0.05, 0) is 12.5 Å². The quantitative estimate of drug-likeness (QED) is 0.476. The third-order valence-corrected chi connectivity index (χ3v) is 5.31. The molecule has 2 rings (SSSR count). The monoisotopic (exact) mass is 344 g/mol. The van der Waals surface area contributed by atoms with Crippen molar-refractivity contribution in [3.8, 4) is 0 Å². The number of rotatable bonds is 3. The zero-order chi connectivity index (χ0) is 14.4. The first-order valence-corrected chi connectivity index (χ1v) is 7.69. The van der Waals surface area contributed by atoms with Gasteiger partial charge in [0.15, 0.2) is 0 Å². The van der Waals surface area contributed by atoms with Crippen LogP contribution in [0, 0.1) is 0 Å². The Balaban J connectivity index is 2.22. The van der Waals surface area contributed by atoms with Gasteiger partial charge in [-0.15, -0.1) is 23.4 Å². The summed E-state index contributed by atoms with van der Waals surface area (Å²) >= 11 is 18.4. The predicted octanol–water partition coefficient (Wildman–Crippen LogP) is 1.42. The summed E-state index contributed by atoms with van der Waals surface area (Å²) in [6, 6.07) is -0.592. The number of thioether (sulfide) groups is 1. The second kappa shape index (κ2) is 5.33. The average Bonchev–Trinajstić information content (AvgIpc) is 2.36. The zero-order valence-electron chi connectivity index (χ0n) is 9.86. The van der Waals surface area contributed by atoms with Crippen LogP contribution in [0.2, 0.25) is 0 Å². The third-order valence-electron chi connectivity index (χ3n) is 2.79. The first kappa shape index (κ1) is 15.3. The molecule has 2 atom stereocenters. The molecule has 0 aliphatic carbocycles. The minimum atomic E-state index is -1.82. The van der Waals surface area contributed by atoms with Gasteiger partial charge in [-0.25, -0.2) is 4.79 Å². The normalized spacial score (nSPS) is 27.0. The third kappa shape index (κ3) is 2.69. The number of fused-ring (bicyclic) bond motifs is 1. The molecule has 0 aromatic carbocycles. The highest BCUT2D eigenvalue weighted by Gasteiger charge is 2.52. The number of alkyl halides is 3. The predicted molar refractivity (Wildman–Crippen MR) is 75.0 cm³/mol. The van der Waals surface area contributed by atoms with Crippen LogP contribution < -0.4 is 5.73 Å². The van der Waals surface area contributed by atoms with E-state index in [2.05, 4.69) is 0 Å². The summed E-state index contributed by atoms with van der Waals surface area (Å²) in [6.45, 7) is 1.74. The molecule has 0 aromatic heterocycles. The molecule has 5 nitrogen and oxygen atoms in total. The van der Waals surface area contributed by atoms with Gasteiger partial charge in [0, 0.05) is 5.75 Å². The van der Waals surface area contributed by atoms with E-state index in [1.165, 1.54) is 16.7 Å². The highest BCUT2D eigenvalue weighted by atomic mass is 35.5. The number of amides is 1. The molecule has 1 amide bonds. The lowest BCUT2D eigenvalue weighted by atomic mass is 10.0. The van der Waals surface area contributed by atoms with E-state index >= 15 is 0 Å². The molecule has 0 radical (unpaired) electrons. The van der Waals surface area contributed by atoms with E-state index in [-0.39, 0.29) is 22.9 Å². The van der Waals surface area contributed by atoms with Crippen molar-refractivity contribution in [2.75, 3.05) is 11.6 Å². The summed E-state index contributed by atoms with van der Waals surface area (Å²) < 4.78 is 3.07. The van der Waals surface area contributed by atoms with Crippen molar-refractivity contribution >= 4 is 58.4 Å². The Bertz CT molecular complexity index is 469. The topological polar surface area (TPSA) is 72.6 Å². The Morgan fingerprint density at radius 1 is 1.63 bits per heavy atom. The Morgan fingerprint density at radius 3 is 2.84 bits per heavy atom. The molecule has 2 N–H and O–H groups in total. The van der Waals surface area contributed by atoms with Crippen molar-refractivity contribution in [1.82, 2.24) is 4.90 Å². The van der Waals surface area contributed by atoms with E-state index in [0.717, 1.165) is 0 Å². The van der Waals surface area contributed by atoms with Gasteiger partial charge in [-0.3, -0.25) is 9.69 Å². The molecule has 1 saturated heterocycles. The van der Waals surface area contributed by atoms with Crippen LogP contribution in [-0.2, 0) is 14.3 Å². The molecule has 2 heterocycles. The molecular formula is C10H11Cl3N2O3S. The van der Waals surface area contributed by atoms with Crippen LogP contribution in [0.15, 0.2) is 11.3 Å². The molecule has 0 bridgehead atoms. The Labute approximate surface area is 129 Å². The standard InChI is InChI=1S/C10H11Cl3N2O3S/c1-4-2-19-8-5(14)7(16)15(8)6(4)9(17)18-10(12,13)3-11/h5,8H,2-3,14H2,1H3/t5?,8-/m1/s1. The van der Waals surface area contributed by atoms with Crippen molar-refractivity contribution in [2.45, 2.75) is 22.9 Å². The molecule has 0 saturated carbocycles. The summed E-state index contributed by atoms with van der Waals surface area (Å²) in [4.78, 5) is 25.1. The highest BCUT2D eigenvalue weighted by Crippen LogP contribution is 2.40. The van der Waals surface area contributed by atoms with Crippen molar-refractivity contribution < 1.29 is 14.3 Å². The van der Waals surface area contributed by atoms with Crippen LogP contribution in [0.5, 0.6) is 0 Å². The molecule has 1 unspecified atom stereocenters. The number of β-lactam (4-membered cyclic amide) rings is 1. The molecule has 106 valence electrons. The number of halogens is 3. The number of esters is 1. The average molecular weight is 346 g/mol. The van der Waals surface area contributed by atoms with Crippen LogP contribution in [-0.4, -0.2) is 44.3 Å². The lowest BCUT2D eigenvalue weighted by molar-refractivity contribution is -0.152. The Kier molecular flexibility index (Phi) is 4.28. The fraction of sp³-hybridized carbons (Fsp3) is 0.600. The van der Waals surface area contributed by atoms with Gasteiger partial charge in [0.1, 0.15) is 17.1 Å². The van der Waals surface area contributed by atoms with E-state index in [9.17, 15) is 9.59 Å². The number of carbonyl (C=O) groups excluding carboxylic acids is 2. The molecule has 0 spiro atoms. The van der Waals surface area contributed by atoms with Crippen molar-refractivity contribution in [2.24, 2.45) is 5.73 Å². The number of nitrogens with two attached hydrogens (primary N) is 1. The minimum Gasteiger partial charge on any atom is -0.423 e. The maximum Gasteiger partial charge on any atom is 0.357 e. The highest BCUT2D eigenvalue weighted by molar-refractivity contribution is 8.00. The molecule has 9 heteroatoms. The molecule has 0 aromatic rings. The van der Waals surface area contributed by atoms with Crippen LogP contribution in [0.1, 0.15) is 6.92 Å². The van der Waals surface area contributed by atoms with E-state index in [4.69, 9.17) is 45.3 Å². The largest absolute Gasteiger partial charge is 0.423 e. The van der Waals surface area contributed by atoms with Crippen molar-refractivity contribution in [3.63, 3.8) is 0 Å². The molecule has 2 aliphatic heterocycles. The molecule has 2 aliphatic rings. The van der Waals surface area contributed by atoms with Gasteiger partial charge >= 0.3 is 5.97 Å². The second-order valence-corrected chi connectivity index (χ2v) is 7.01. The van der Waals surface area contributed by atoms with Gasteiger partial charge in [0.25, 0.3) is 4.52 Å². The lowest BCUT2D eigenvalue weighted by Crippen LogP contribution is -2.68. The maximum absolute atomic E-state index is 12.1. The summed E-state index contributed by atoms with van der Waals surface area (Å²) in [6.07, 6.45) is 0. The van der Waals surface area contributed by atoms with E-state index in [1.807, 2.05) is 0 Å². The van der Waals surface area contributed by atoms with Gasteiger partial charge in [0.2, 0.25) is 5.91 Å². The minimum absolute atomic E-state index is 0.159. The number of carbonyl (C=O) groups is 2. The fourth-order valence-electron chi connectivity index (χ4n) is 1.87. The number of ether oxygens (including phenoxy) is 1. The Hall–Kier alpha value is -0.140. The number of nitrogens with zero attached hydrogens (tertiary/aromatic N) is 1. The summed E-state index contributed by atoms with van der Waals surface area (Å²) in [5.41, 5.74) is 6.55. The summed E-state index contributed by atoms with van der Waals surface area (Å²) in [5, 5.41) is -0.241. The molecule has 1 fully saturated rings. The maximum atomic E-state index is 12.1. The second-order valence-electron chi connectivity index (χ2n) is 4.23. The summed E-state index contributed by atoms with van der Waals surface area (Å²) in [5.74, 6) is -0.775. The smallest absolute Gasteiger partial charge is 0.357 e. The van der Waals surface area contributed by atoms with E-state index in [0.29, 0.717) is 11.3 Å². The number of hydrogen-bond acceptors (Lipinski definition) is 5. The fourth-order valence-corrected chi connectivity index (χ4v) is 3.30. The van der Waals surface area contributed by atoms with E-state index < -0.39 is 16.5 Å². The SMILES string of the molecule is CC1=C(C(=O)OC(Cl)(Cl)CCl)N2C(=O)C(N)[C@H]2SC1. The van der Waals surface area contributed by atoms with E-state index in [1.54, 1.807) is 6.92 Å². The first-order valence-electron chi connectivity index (χ1n) is 5.35. The number of hydrogen-bond donors (Lipinski definition) is 1. The first-order chi connectivity index (χ1) is 8.78. The molecule has 19 heavy (non-hydrogen) atoms.